The number of rotatable bonds is 4. The molecule has 0 spiro atoms. The maximum absolute atomic E-state index is 12.8. The predicted molar refractivity (Wildman–Crippen MR) is 69.6 cm³/mol. The molecule has 0 amide bonds. The Labute approximate surface area is 121 Å². The largest absolute Gasteiger partial charge is 0.467 e. The maximum Gasteiger partial charge on any atom is 0.419 e. The molecule has 1 aromatic rings. The summed E-state index contributed by atoms with van der Waals surface area (Å²) in [5, 5.41) is 3.88. The van der Waals surface area contributed by atoms with E-state index >= 15 is 0 Å². The molecule has 0 bridgehead atoms. The molecule has 1 unspecified atom stereocenters. The second-order valence-corrected chi connectivity index (χ2v) is 5.53. The van der Waals surface area contributed by atoms with Crippen molar-refractivity contribution in [2.45, 2.75) is 51.2 Å². The van der Waals surface area contributed by atoms with Gasteiger partial charge in [0.25, 0.3) is 0 Å². The third-order valence-corrected chi connectivity index (χ3v) is 4.05. The van der Waals surface area contributed by atoms with Crippen molar-refractivity contribution in [3.8, 4) is 0 Å². The molecule has 0 saturated heterocycles. The van der Waals surface area contributed by atoms with Gasteiger partial charge in [-0.15, -0.1) is 0 Å². The second-order valence-electron chi connectivity index (χ2n) is 5.53. The van der Waals surface area contributed by atoms with Crippen LogP contribution >= 0.6 is 0 Å². The molecule has 0 aliphatic heterocycles. The van der Waals surface area contributed by atoms with Crippen molar-refractivity contribution in [3.63, 3.8) is 0 Å². The second kappa shape index (κ2) is 6.07. The molecular formula is C14H19F3N2O2. The number of aryl methyl sites for hydroxylation is 1. The Morgan fingerprint density at radius 2 is 2.10 bits per heavy atom. The van der Waals surface area contributed by atoms with Gasteiger partial charge in [-0.25, -0.2) is 4.79 Å². The number of aromatic nitrogens is 2. The van der Waals surface area contributed by atoms with Crippen LogP contribution in [0.2, 0.25) is 0 Å². The quantitative estimate of drug-likeness (QED) is 0.800. The van der Waals surface area contributed by atoms with Gasteiger partial charge < -0.3 is 4.74 Å². The fourth-order valence-electron chi connectivity index (χ4n) is 2.93. The van der Waals surface area contributed by atoms with Gasteiger partial charge in [0.05, 0.1) is 18.4 Å². The zero-order valence-corrected chi connectivity index (χ0v) is 12.1. The summed E-state index contributed by atoms with van der Waals surface area (Å²) in [4.78, 5) is 11.9. The Morgan fingerprint density at radius 3 is 2.57 bits per heavy atom. The lowest BCUT2D eigenvalue weighted by Gasteiger charge is -2.18. The van der Waals surface area contributed by atoms with Gasteiger partial charge in [-0.3, -0.25) is 4.68 Å². The van der Waals surface area contributed by atoms with E-state index in [4.69, 9.17) is 4.74 Å². The minimum Gasteiger partial charge on any atom is -0.467 e. The van der Waals surface area contributed by atoms with E-state index in [9.17, 15) is 18.0 Å². The van der Waals surface area contributed by atoms with E-state index < -0.39 is 23.8 Å². The van der Waals surface area contributed by atoms with Crippen LogP contribution < -0.4 is 0 Å². The Hall–Kier alpha value is -1.53. The van der Waals surface area contributed by atoms with Gasteiger partial charge in [0.1, 0.15) is 6.04 Å². The predicted octanol–water partition coefficient (Wildman–Crippen LogP) is 3.50. The average Bonchev–Trinajstić information content (AvgIpc) is 3.03. The number of carbonyl (C=O) groups excluding carboxylic acids is 1. The number of alkyl halides is 3. The highest BCUT2D eigenvalue weighted by atomic mass is 19.4. The minimum absolute atomic E-state index is 0.122. The first-order chi connectivity index (χ1) is 9.82. The van der Waals surface area contributed by atoms with Crippen molar-refractivity contribution in [3.05, 3.63) is 17.5 Å². The van der Waals surface area contributed by atoms with E-state index in [1.54, 1.807) is 0 Å². The average molecular weight is 304 g/mol. The number of nitrogens with zero attached hydrogens (tertiary/aromatic N) is 2. The lowest BCUT2D eigenvalue weighted by Crippen LogP contribution is -2.23. The van der Waals surface area contributed by atoms with Gasteiger partial charge >= 0.3 is 12.1 Å². The lowest BCUT2D eigenvalue weighted by atomic mass is 9.98. The SMILES string of the molecule is COC(=O)C(CC1CCCC1)n1cc(C(F)(F)F)c(C)n1. The number of ether oxygens (including phenoxy) is 1. The Balaban J connectivity index is 2.26. The smallest absolute Gasteiger partial charge is 0.419 e. The monoisotopic (exact) mass is 304 g/mol. The highest BCUT2D eigenvalue weighted by molar-refractivity contribution is 5.74. The van der Waals surface area contributed by atoms with Gasteiger partial charge in [0.15, 0.2) is 0 Å². The number of carbonyl (C=O) groups is 1. The number of hydrogen-bond acceptors (Lipinski definition) is 3. The van der Waals surface area contributed by atoms with Gasteiger partial charge in [-0.05, 0) is 19.3 Å². The van der Waals surface area contributed by atoms with E-state index in [2.05, 4.69) is 5.10 Å². The van der Waals surface area contributed by atoms with Crippen LogP contribution in [0.1, 0.15) is 49.4 Å². The first-order valence-corrected chi connectivity index (χ1v) is 7.03. The number of halogens is 3. The van der Waals surface area contributed by atoms with Crippen molar-refractivity contribution < 1.29 is 22.7 Å². The molecule has 0 N–H and O–H groups in total. The lowest BCUT2D eigenvalue weighted by molar-refractivity contribution is -0.146. The van der Waals surface area contributed by atoms with Gasteiger partial charge in [0, 0.05) is 6.20 Å². The highest BCUT2D eigenvalue weighted by Crippen LogP contribution is 2.35. The molecule has 0 radical (unpaired) electrons. The van der Waals surface area contributed by atoms with E-state index in [-0.39, 0.29) is 5.69 Å². The molecular weight excluding hydrogens is 285 g/mol. The summed E-state index contributed by atoms with van der Waals surface area (Å²) in [7, 11) is 1.24. The normalized spacial score (nSPS) is 18.0. The number of hydrogen-bond donors (Lipinski definition) is 0. The Kier molecular flexibility index (Phi) is 4.58. The standard InChI is InChI=1S/C14H19F3N2O2/c1-9-11(14(15,16)17)8-19(18-9)12(13(20)21-2)7-10-5-3-4-6-10/h8,10,12H,3-7H2,1-2H3. The van der Waals surface area contributed by atoms with E-state index in [0.717, 1.165) is 36.6 Å². The van der Waals surface area contributed by atoms with Crippen LogP contribution in [0.5, 0.6) is 0 Å². The van der Waals surface area contributed by atoms with Crippen molar-refractivity contribution in [1.82, 2.24) is 9.78 Å². The van der Waals surface area contributed by atoms with Crippen molar-refractivity contribution in [2.75, 3.05) is 7.11 Å². The Bertz CT molecular complexity index is 505. The molecule has 1 heterocycles. The molecule has 2 rings (SSSR count). The molecule has 1 aliphatic carbocycles. The fraction of sp³-hybridized carbons (Fsp3) is 0.714. The Morgan fingerprint density at radius 1 is 1.48 bits per heavy atom. The topological polar surface area (TPSA) is 44.1 Å². The maximum atomic E-state index is 12.8. The van der Waals surface area contributed by atoms with Crippen LogP contribution in [0.25, 0.3) is 0 Å². The molecule has 0 aromatic carbocycles. The number of esters is 1. The molecule has 1 atom stereocenters. The third-order valence-electron chi connectivity index (χ3n) is 4.05. The van der Waals surface area contributed by atoms with Crippen LogP contribution in [0, 0.1) is 12.8 Å². The molecule has 7 heteroatoms. The number of methoxy groups -OCH3 is 1. The minimum atomic E-state index is -4.46. The molecule has 1 aromatic heterocycles. The van der Waals surface area contributed by atoms with E-state index in [1.165, 1.54) is 14.0 Å². The fourth-order valence-corrected chi connectivity index (χ4v) is 2.93. The molecule has 1 fully saturated rings. The summed E-state index contributed by atoms with van der Waals surface area (Å²) in [5.41, 5.74) is -0.925. The van der Waals surface area contributed by atoms with Crippen molar-refractivity contribution in [1.29, 1.82) is 0 Å². The first-order valence-electron chi connectivity index (χ1n) is 7.03. The summed E-state index contributed by atoms with van der Waals surface area (Å²) in [6, 6.07) is -0.784. The zero-order valence-electron chi connectivity index (χ0n) is 12.1. The van der Waals surface area contributed by atoms with Crippen molar-refractivity contribution >= 4 is 5.97 Å². The van der Waals surface area contributed by atoms with Gasteiger partial charge in [0.2, 0.25) is 0 Å². The summed E-state index contributed by atoms with van der Waals surface area (Å²) >= 11 is 0. The molecule has 1 aliphatic rings. The van der Waals surface area contributed by atoms with Gasteiger partial charge in [-0.1, -0.05) is 25.7 Å². The van der Waals surface area contributed by atoms with Gasteiger partial charge in [-0.2, -0.15) is 18.3 Å². The van der Waals surface area contributed by atoms with E-state index in [1.807, 2.05) is 0 Å². The van der Waals surface area contributed by atoms with Crippen LogP contribution in [-0.2, 0) is 15.7 Å². The van der Waals surface area contributed by atoms with Crippen LogP contribution in [0.3, 0.4) is 0 Å². The summed E-state index contributed by atoms with van der Waals surface area (Å²) in [6.07, 6.45) is 1.13. The molecule has 118 valence electrons. The van der Waals surface area contributed by atoms with Crippen LogP contribution in [0.4, 0.5) is 13.2 Å². The summed E-state index contributed by atoms with van der Waals surface area (Å²) in [5.74, 6) is -0.203. The highest BCUT2D eigenvalue weighted by Gasteiger charge is 2.37. The molecule has 1 saturated carbocycles. The molecule has 21 heavy (non-hydrogen) atoms. The molecule has 4 nitrogen and oxygen atoms in total. The summed E-state index contributed by atoms with van der Waals surface area (Å²) in [6.45, 7) is 1.29. The van der Waals surface area contributed by atoms with E-state index in [0.29, 0.717) is 12.3 Å². The first kappa shape index (κ1) is 15.9. The summed E-state index contributed by atoms with van der Waals surface area (Å²) < 4.78 is 44.4. The van der Waals surface area contributed by atoms with Crippen LogP contribution in [-0.4, -0.2) is 22.9 Å². The van der Waals surface area contributed by atoms with Crippen LogP contribution in [0.15, 0.2) is 6.20 Å². The third kappa shape index (κ3) is 3.57. The zero-order chi connectivity index (χ0) is 15.6. The van der Waals surface area contributed by atoms with Crippen molar-refractivity contribution in [2.24, 2.45) is 5.92 Å².